The monoisotopic (exact) mass is 299 g/mol. The molecule has 0 bridgehead atoms. The third-order valence-electron chi connectivity index (χ3n) is 4.38. The maximum Gasteiger partial charge on any atom is 0.134 e. The molecule has 7 heteroatoms. The average molecular weight is 299 g/mol. The van der Waals surface area contributed by atoms with Crippen LogP contribution >= 0.6 is 0 Å². The Morgan fingerprint density at radius 1 is 1.23 bits per heavy atom. The van der Waals surface area contributed by atoms with Gasteiger partial charge in [0.25, 0.3) is 0 Å². The fourth-order valence-corrected chi connectivity index (χ4v) is 2.99. The van der Waals surface area contributed by atoms with Crippen molar-refractivity contribution in [1.82, 2.24) is 19.5 Å². The Labute approximate surface area is 129 Å². The molecule has 22 heavy (non-hydrogen) atoms. The first-order chi connectivity index (χ1) is 10.7. The molecule has 1 aliphatic carbocycles. The molecule has 2 aromatic rings. The highest BCUT2D eigenvalue weighted by Gasteiger charge is 2.33. The van der Waals surface area contributed by atoms with E-state index in [4.69, 9.17) is 5.73 Å². The second-order valence-electron chi connectivity index (χ2n) is 6.32. The number of aromatic nitrogens is 4. The largest absolute Gasteiger partial charge is 0.367 e. The molecule has 0 aromatic carbocycles. The van der Waals surface area contributed by atoms with E-state index in [1.807, 2.05) is 30.2 Å². The van der Waals surface area contributed by atoms with E-state index in [0.29, 0.717) is 6.04 Å². The predicted molar refractivity (Wildman–Crippen MR) is 84.8 cm³/mol. The standard InChI is InChI=1S/C15H21N7/c1-21-7-13(19-9-21)11-5-22(6-12(11)16)15-4-14(17-8-18-15)20-10-2-3-10/h4,7-12H,2-3,5-6,16H2,1H3,(H,17,18,20)/t11-,12-/m1/s1. The number of nitrogens with one attached hydrogen (secondary N) is 1. The smallest absolute Gasteiger partial charge is 0.134 e. The van der Waals surface area contributed by atoms with Crippen molar-refractivity contribution in [3.8, 4) is 0 Å². The minimum absolute atomic E-state index is 0.0738. The van der Waals surface area contributed by atoms with Crippen LogP contribution in [-0.2, 0) is 7.05 Å². The summed E-state index contributed by atoms with van der Waals surface area (Å²) < 4.78 is 1.97. The molecule has 2 fully saturated rings. The van der Waals surface area contributed by atoms with E-state index in [9.17, 15) is 0 Å². The second-order valence-corrected chi connectivity index (χ2v) is 6.32. The molecule has 3 N–H and O–H groups in total. The van der Waals surface area contributed by atoms with Crippen molar-refractivity contribution < 1.29 is 0 Å². The number of nitrogens with two attached hydrogens (primary N) is 1. The molecule has 1 saturated heterocycles. The molecule has 7 nitrogen and oxygen atoms in total. The topological polar surface area (TPSA) is 84.9 Å². The lowest BCUT2D eigenvalue weighted by Gasteiger charge is -2.17. The van der Waals surface area contributed by atoms with Gasteiger partial charge in [0.15, 0.2) is 0 Å². The van der Waals surface area contributed by atoms with Crippen molar-refractivity contribution in [1.29, 1.82) is 0 Å². The van der Waals surface area contributed by atoms with E-state index in [1.54, 1.807) is 6.33 Å². The lowest BCUT2D eigenvalue weighted by molar-refractivity contribution is 0.639. The van der Waals surface area contributed by atoms with Gasteiger partial charge in [-0.3, -0.25) is 0 Å². The summed E-state index contributed by atoms with van der Waals surface area (Å²) in [6, 6.07) is 2.68. The molecule has 0 unspecified atom stereocenters. The van der Waals surface area contributed by atoms with E-state index in [0.717, 1.165) is 30.4 Å². The van der Waals surface area contributed by atoms with Gasteiger partial charge in [0.2, 0.25) is 0 Å². The molecule has 4 rings (SSSR count). The zero-order valence-electron chi connectivity index (χ0n) is 12.7. The molecule has 0 spiro atoms. The summed E-state index contributed by atoms with van der Waals surface area (Å²) in [6.07, 6.45) is 7.96. The molecule has 1 aliphatic heterocycles. The first kappa shape index (κ1) is 13.5. The van der Waals surface area contributed by atoms with E-state index in [2.05, 4.69) is 25.2 Å². The average Bonchev–Trinajstić information content (AvgIpc) is 3.07. The van der Waals surface area contributed by atoms with Gasteiger partial charge in [-0.1, -0.05) is 0 Å². The maximum atomic E-state index is 6.33. The SMILES string of the molecule is Cn1cnc([C@@H]2CN(c3cc(NC4CC4)ncn3)C[C@H]2N)c1. The van der Waals surface area contributed by atoms with Gasteiger partial charge >= 0.3 is 0 Å². The molecule has 3 heterocycles. The molecule has 1 saturated carbocycles. The minimum atomic E-state index is 0.0738. The summed E-state index contributed by atoms with van der Waals surface area (Å²) in [5.41, 5.74) is 7.39. The Morgan fingerprint density at radius 2 is 2.09 bits per heavy atom. The van der Waals surface area contributed by atoms with Crippen molar-refractivity contribution in [2.45, 2.75) is 30.8 Å². The second kappa shape index (κ2) is 5.24. The van der Waals surface area contributed by atoms with Crippen LogP contribution in [-0.4, -0.2) is 44.7 Å². The first-order valence-electron chi connectivity index (χ1n) is 7.76. The van der Waals surface area contributed by atoms with Crippen molar-refractivity contribution in [3.63, 3.8) is 0 Å². The van der Waals surface area contributed by atoms with Crippen LogP contribution in [0.4, 0.5) is 11.6 Å². The molecule has 2 aliphatic rings. The van der Waals surface area contributed by atoms with E-state index >= 15 is 0 Å². The van der Waals surface area contributed by atoms with Gasteiger partial charge in [0.05, 0.1) is 12.0 Å². The lowest BCUT2D eigenvalue weighted by Crippen LogP contribution is -2.29. The summed E-state index contributed by atoms with van der Waals surface area (Å²) in [4.78, 5) is 15.4. The van der Waals surface area contributed by atoms with Crippen molar-refractivity contribution >= 4 is 11.6 Å². The zero-order chi connectivity index (χ0) is 15.1. The van der Waals surface area contributed by atoms with Gasteiger partial charge in [-0.25, -0.2) is 15.0 Å². The maximum absolute atomic E-state index is 6.33. The first-order valence-corrected chi connectivity index (χ1v) is 7.76. The van der Waals surface area contributed by atoms with Gasteiger partial charge in [-0.15, -0.1) is 0 Å². The third-order valence-corrected chi connectivity index (χ3v) is 4.38. The van der Waals surface area contributed by atoms with E-state index < -0.39 is 0 Å². The summed E-state index contributed by atoms with van der Waals surface area (Å²) in [5.74, 6) is 2.09. The quantitative estimate of drug-likeness (QED) is 0.865. The zero-order valence-corrected chi connectivity index (χ0v) is 12.7. The number of imidazole rings is 1. The highest BCUT2D eigenvalue weighted by molar-refractivity contribution is 5.51. The van der Waals surface area contributed by atoms with Crippen LogP contribution in [0, 0.1) is 0 Å². The summed E-state index contributed by atoms with van der Waals surface area (Å²) in [7, 11) is 1.98. The normalized spacial score (nSPS) is 24.7. The number of hydrogen-bond acceptors (Lipinski definition) is 6. The molecular formula is C15H21N7. The number of anilines is 2. The van der Waals surface area contributed by atoms with Crippen LogP contribution in [0.15, 0.2) is 24.9 Å². The summed E-state index contributed by atoms with van der Waals surface area (Å²) in [5, 5.41) is 3.41. The summed E-state index contributed by atoms with van der Waals surface area (Å²) in [6.45, 7) is 1.64. The van der Waals surface area contributed by atoms with Crippen LogP contribution in [0.5, 0.6) is 0 Å². The highest BCUT2D eigenvalue weighted by atomic mass is 15.2. The van der Waals surface area contributed by atoms with Crippen LogP contribution in [0.3, 0.4) is 0 Å². The Balaban J connectivity index is 1.51. The predicted octanol–water partition coefficient (Wildman–Crippen LogP) is 0.716. The Morgan fingerprint density at radius 3 is 2.82 bits per heavy atom. The van der Waals surface area contributed by atoms with Gasteiger partial charge in [-0.2, -0.15) is 0 Å². The molecule has 2 atom stereocenters. The van der Waals surface area contributed by atoms with Crippen molar-refractivity contribution in [2.24, 2.45) is 12.8 Å². The highest BCUT2D eigenvalue weighted by Crippen LogP contribution is 2.30. The van der Waals surface area contributed by atoms with Gasteiger partial charge < -0.3 is 20.5 Å². The van der Waals surface area contributed by atoms with Gasteiger partial charge in [-0.05, 0) is 12.8 Å². The summed E-state index contributed by atoms with van der Waals surface area (Å²) >= 11 is 0. The molecular weight excluding hydrogens is 278 g/mol. The number of nitrogens with zero attached hydrogens (tertiary/aromatic N) is 5. The number of rotatable bonds is 4. The molecule has 0 amide bonds. The minimum Gasteiger partial charge on any atom is -0.367 e. The van der Waals surface area contributed by atoms with Crippen LogP contribution in [0.2, 0.25) is 0 Å². The lowest BCUT2D eigenvalue weighted by atomic mass is 10.0. The molecule has 116 valence electrons. The van der Waals surface area contributed by atoms with Crippen molar-refractivity contribution in [3.05, 3.63) is 30.6 Å². The van der Waals surface area contributed by atoms with Crippen molar-refractivity contribution in [2.75, 3.05) is 23.3 Å². The van der Waals surface area contributed by atoms with Crippen LogP contribution < -0.4 is 16.0 Å². The van der Waals surface area contributed by atoms with E-state index in [1.165, 1.54) is 12.8 Å². The molecule has 2 aromatic heterocycles. The van der Waals surface area contributed by atoms with Crippen LogP contribution in [0.1, 0.15) is 24.5 Å². The van der Waals surface area contributed by atoms with Gasteiger partial charge in [0, 0.05) is 50.4 Å². The Bertz CT molecular complexity index is 663. The fraction of sp³-hybridized carbons (Fsp3) is 0.533. The Hall–Kier alpha value is -2.15. The molecule has 0 radical (unpaired) electrons. The Kier molecular flexibility index (Phi) is 3.22. The fourth-order valence-electron chi connectivity index (χ4n) is 2.99. The number of aryl methyl sites for hydroxylation is 1. The van der Waals surface area contributed by atoms with Gasteiger partial charge in [0.1, 0.15) is 18.0 Å². The number of hydrogen-bond donors (Lipinski definition) is 2. The third kappa shape index (κ3) is 2.64. The van der Waals surface area contributed by atoms with E-state index in [-0.39, 0.29) is 12.0 Å². The van der Waals surface area contributed by atoms with Crippen LogP contribution in [0.25, 0.3) is 0 Å².